The second-order valence-electron chi connectivity index (χ2n) is 6.27. The summed E-state index contributed by atoms with van der Waals surface area (Å²) in [6, 6.07) is 18.6. The lowest BCUT2D eigenvalue weighted by molar-refractivity contribution is 0.0996. The Morgan fingerprint density at radius 2 is 1.80 bits per heavy atom. The number of halogens is 2. The standard InChI is InChI=1S/C22H23ClN4O2.HI/c1-2-24-22(26-15-17-6-3-4-7-19(17)23)25-14-16-9-11-18(12-10-16)27-21(28)20-8-5-13-29-20;/h3-13H,2,14-15H2,1H3,(H,27,28)(H2,24,25,26);1H. The zero-order chi connectivity index (χ0) is 20.5. The van der Waals surface area contributed by atoms with Gasteiger partial charge >= 0.3 is 0 Å². The van der Waals surface area contributed by atoms with Gasteiger partial charge in [-0.1, -0.05) is 41.9 Å². The van der Waals surface area contributed by atoms with Crippen LogP contribution in [0.1, 0.15) is 28.6 Å². The van der Waals surface area contributed by atoms with E-state index in [2.05, 4.69) is 20.9 Å². The molecule has 0 aliphatic carbocycles. The molecule has 0 saturated carbocycles. The summed E-state index contributed by atoms with van der Waals surface area (Å²) in [6.07, 6.45) is 1.47. The molecule has 0 fully saturated rings. The van der Waals surface area contributed by atoms with E-state index >= 15 is 0 Å². The predicted molar refractivity (Wildman–Crippen MR) is 132 cm³/mol. The number of hydrogen-bond donors (Lipinski definition) is 3. The number of rotatable bonds is 7. The first kappa shape index (κ1) is 23.8. The van der Waals surface area contributed by atoms with Crippen molar-refractivity contribution in [2.75, 3.05) is 11.9 Å². The Balaban J connectivity index is 0.00000320. The Hall–Kier alpha value is -2.52. The van der Waals surface area contributed by atoms with Crippen LogP contribution in [0.5, 0.6) is 0 Å². The topological polar surface area (TPSA) is 78.7 Å². The smallest absolute Gasteiger partial charge is 0.291 e. The SMILES string of the molecule is CCNC(=NCc1ccc(NC(=O)c2ccco2)cc1)NCc1ccccc1Cl.I. The lowest BCUT2D eigenvalue weighted by Crippen LogP contribution is -2.36. The average molecular weight is 539 g/mol. The van der Waals surface area contributed by atoms with Crippen molar-refractivity contribution in [3.05, 3.63) is 88.8 Å². The molecule has 6 nitrogen and oxygen atoms in total. The van der Waals surface area contributed by atoms with Gasteiger partial charge in [-0.25, -0.2) is 4.99 Å². The minimum Gasteiger partial charge on any atom is -0.459 e. The molecule has 0 aliphatic rings. The number of amides is 1. The fourth-order valence-corrected chi connectivity index (χ4v) is 2.83. The fraction of sp³-hybridized carbons (Fsp3) is 0.182. The maximum absolute atomic E-state index is 12.0. The Bertz CT molecular complexity index is 960. The van der Waals surface area contributed by atoms with E-state index in [0.717, 1.165) is 22.7 Å². The van der Waals surface area contributed by atoms with Crippen molar-refractivity contribution in [2.45, 2.75) is 20.0 Å². The third-order valence-electron chi connectivity index (χ3n) is 4.12. The minimum absolute atomic E-state index is 0. The van der Waals surface area contributed by atoms with Gasteiger partial charge in [0.2, 0.25) is 0 Å². The summed E-state index contributed by atoms with van der Waals surface area (Å²) in [7, 11) is 0. The van der Waals surface area contributed by atoms with Crippen molar-refractivity contribution in [1.82, 2.24) is 10.6 Å². The number of aliphatic imine (C=N–C) groups is 1. The Morgan fingerprint density at radius 1 is 1.03 bits per heavy atom. The minimum atomic E-state index is -0.279. The van der Waals surface area contributed by atoms with Crippen LogP contribution in [-0.2, 0) is 13.1 Å². The van der Waals surface area contributed by atoms with Crippen molar-refractivity contribution < 1.29 is 9.21 Å². The van der Waals surface area contributed by atoms with Crippen molar-refractivity contribution in [3.8, 4) is 0 Å². The molecule has 0 radical (unpaired) electrons. The zero-order valence-corrected chi connectivity index (χ0v) is 19.6. The molecule has 0 bridgehead atoms. The molecule has 30 heavy (non-hydrogen) atoms. The summed E-state index contributed by atoms with van der Waals surface area (Å²) in [4.78, 5) is 16.6. The van der Waals surface area contributed by atoms with E-state index in [4.69, 9.17) is 16.0 Å². The highest BCUT2D eigenvalue weighted by Gasteiger charge is 2.08. The fourth-order valence-electron chi connectivity index (χ4n) is 2.63. The van der Waals surface area contributed by atoms with Gasteiger partial charge in [0.15, 0.2) is 11.7 Å². The van der Waals surface area contributed by atoms with Crippen LogP contribution >= 0.6 is 35.6 Å². The van der Waals surface area contributed by atoms with Gasteiger partial charge in [-0.15, -0.1) is 24.0 Å². The molecule has 0 atom stereocenters. The van der Waals surface area contributed by atoms with Gasteiger partial charge in [-0.3, -0.25) is 4.79 Å². The molecule has 0 spiro atoms. The molecule has 3 aromatic rings. The first-order valence-electron chi connectivity index (χ1n) is 9.35. The molecule has 3 rings (SSSR count). The van der Waals surface area contributed by atoms with E-state index in [-0.39, 0.29) is 35.6 Å². The van der Waals surface area contributed by atoms with Gasteiger partial charge in [-0.2, -0.15) is 0 Å². The highest BCUT2D eigenvalue weighted by molar-refractivity contribution is 14.0. The summed E-state index contributed by atoms with van der Waals surface area (Å²) in [5, 5.41) is 10.0. The third kappa shape index (κ3) is 7.07. The van der Waals surface area contributed by atoms with Crippen LogP contribution < -0.4 is 16.0 Å². The van der Waals surface area contributed by atoms with Crippen LogP contribution in [0.25, 0.3) is 0 Å². The molecular weight excluding hydrogens is 515 g/mol. The monoisotopic (exact) mass is 538 g/mol. The molecule has 0 saturated heterocycles. The molecule has 0 aliphatic heterocycles. The Labute approximate surface area is 198 Å². The third-order valence-corrected chi connectivity index (χ3v) is 4.49. The molecule has 1 amide bonds. The molecule has 1 aromatic heterocycles. The zero-order valence-electron chi connectivity index (χ0n) is 16.5. The molecule has 0 unspecified atom stereocenters. The molecule has 1 heterocycles. The Morgan fingerprint density at radius 3 is 2.47 bits per heavy atom. The van der Waals surface area contributed by atoms with Crippen LogP contribution in [0.3, 0.4) is 0 Å². The van der Waals surface area contributed by atoms with E-state index in [1.165, 1.54) is 6.26 Å². The summed E-state index contributed by atoms with van der Waals surface area (Å²) in [6.45, 7) is 3.86. The summed E-state index contributed by atoms with van der Waals surface area (Å²) >= 11 is 6.21. The van der Waals surface area contributed by atoms with Crippen LogP contribution in [0.4, 0.5) is 5.69 Å². The van der Waals surface area contributed by atoms with Crippen LogP contribution in [0.15, 0.2) is 76.3 Å². The molecular formula is C22H24ClIN4O2. The lowest BCUT2D eigenvalue weighted by atomic mass is 10.2. The first-order valence-corrected chi connectivity index (χ1v) is 9.73. The normalized spacial score (nSPS) is 10.8. The quantitative estimate of drug-likeness (QED) is 0.223. The molecule has 2 aromatic carbocycles. The van der Waals surface area contributed by atoms with Gasteiger partial charge in [0.05, 0.1) is 12.8 Å². The van der Waals surface area contributed by atoms with Gasteiger partial charge in [-0.05, 0) is 48.4 Å². The van der Waals surface area contributed by atoms with Crippen molar-refractivity contribution in [2.24, 2.45) is 4.99 Å². The number of nitrogens with zero attached hydrogens (tertiary/aromatic N) is 1. The largest absolute Gasteiger partial charge is 0.459 e. The second kappa shape index (κ2) is 12.2. The molecule has 8 heteroatoms. The molecule has 158 valence electrons. The maximum atomic E-state index is 12.0. The van der Waals surface area contributed by atoms with Gasteiger partial charge in [0, 0.05) is 23.8 Å². The number of furan rings is 1. The number of guanidine groups is 1. The number of benzene rings is 2. The van der Waals surface area contributed by atoms with Crippen LogP contribution in [0, 0.1) is 0 Å². The van der Waals surface area contributed by atoms with Gasteiger partial charge in [0.1, 0.15) is 0 Å². The number of hydrogen-bond acceptors (Lipinski definition) is 3. The van der Waals surface area contributed by atoms with Crippen molar-refractivity contribution in [3.63, 3.8) is 0 Å². The lowest BCUT2D eigenvalue weighted by Gasteiger charge is -2.12. The van der Waals surface area contributed by atoms with Gasteiger partial charge in [0.25, 0.3) is 5.91 Å². The van der Waals surface area contributed by atoms with Crippen LogP contribution in [-0.4, -0.2) is 18.4 Å². The average Bonchev–Trinajstić information content (AvgIpc) is 3.27. The number of anilines is 1. The van der Waals surface area contributed by atoms with E-state index in [1.807, 2.05) is 55.5 Å². The predicted octanol–water partition coefficient (Wildman–Crippen LogP) is 5.06. The van der Waals surface area contributed by atoms with Crippen molar-refractivity contribution in [1.29, 1.82) is 0 Å². The summed E-state index contributed by atoms with van der Waals surface area (Å²) in [5.41, 5.74) is 2.73. The van der Waals surface area contributed by atoms with Crippen molar-refractivity contribution >= 4 is 53.1 Å². The summed E-state index contributed by atoms with van der Waals surface area (Å²) in [5.74, 6) is 0.708. The summed E-state index contributed by atoms with van der Waals surface area (Å²) < 4.78 is 5.09. The second-order valence-corrected chi connectivity index (χ2v) is 6.68. The first-order chi connectivity index (χ1) is 14.2. The van der Waals surface area contributed by atoms with E-state index < -0.39 is 0 Å². The highest BCUT2D eigenvalue weighted by atomic mass is 127. The number of carbonyl (C=O) groups excluding carboxylic acids is 1. The van der Waals surface area contributed by atoms with E-state index in [1.54, 1.807) is 12.1 Å². The Kier molecular flexibility index (Phi) is 9.69. The maximum Gasteiger partial charge on any atom is 0.291 e. The highest BCUT2D eigenvalue weighted by Crippen LogP contribution is 2.15. The molecule has 3 N–H and O–H groups in total. The number of carbonyl (C=O) groups is 1. The van der Waals surface area contributed by atoms with E-state index in [9.17, 15) is 4.79 Å². The van der Waals surface area contributed by atoms with E-state index in [0.29, 0.717) is 24.7 Å². The number of nitrogens with one attached hydrogen (secondary N) is 3. The van der Waals surface area contributed by atoms with Crippen LogP contribution in [0.2, 0.25) is 5.02 Å². The van der Waals surface area contributed by atoms with Gasteiger partial charge < -0.3 is 20.4 Å².